The highest BCUT2D eigenvalue weighted by molar-refractivity contribution is 5.56. The number of anilines is 1. The molecule has 0 spiro atoms. The zero-order chi connectivity index (χ0) is 13.5. The Morgan fingerprint density at radius 1 is 1.26 bits per heavy atom. The van der Waals surface area contributed by atoms with Crippen LogP contribution in [0.5, 0.6) is 0 Å². The number of fused-ring (bicyclic) bond motifs is 1. The monoisotopic (exact) mass is 262 g/mol. The van der Waals surface area contributed by atoms with Gasteiger partial charge in [0.1, 0.15) is 0 Å². The van der Waals surface area contributed by atoms with Gasteiger partial charge < -0.3 is 15.0 Å². The first-order valence-corrected chi connectivity index (χ1v) is 7.51. The van der Waals surface area contributed by atoms with Gasteiger partial charge >= 0.3 is 0 Å². The first-order valence-electron chi connectivity index (χ1n) is 7.51. The van der Waals surface area contributed by atoms with Crippen molar-refractivity contribution < 1.29 is 4.74 Å². The van der Waals surface area contributed by atoms with Crippen LogP contribution in [0, 0.1) is 0 Å². The van der Waals surface area contributed by atoms with E-state index >= 15 is 0 Å². The van der Waals surface area contributed by atoms with Crippen LogP contribution in [0.1, 0.15) is 38.3 Å². The molecular formula is C16H26N2O. The fraction of sp³-hybridized carbons (Fsp3) is 0.625. The van der Waals surface area contributed by atoms with E-state index in [2.05, 4.69) is 48.3 Å². The second-order valence-electron chi connectivity index (χ2n) is 5.06. The van der Waals surface area contributed by atoms with E-state index in [0.717, 1.165) is 39.3 Å². The van der Waals surface area contributed by atoms with E-state index in [1.165, 1.54) is 17.7 Å². The van der Waals surface area contributed by atoms with Gasteiger partial charge in [0.25, 0.3) is 0 Å². The molecule has 0 saturated heterocycles. The molecule has 1 aromatic carbocycles. The summed E-state index contributed by atoms with van der Waals surface area (Å²) in [7, 11) is 0. The predicted octanol–water partition coefficient (Wildman–Crippen LogP) is 2.97. The van der Waals surface area contributed by atoms with Crippen LogP contribution >= 0.6 is 0 Å². The largest absolute Gasteiger partial charge is 0.380 e. The Bertz CT molecular complexity index is 381. The molecule has 0 aliphatic carbocycles. The molecule has 1 aliphatic heterocycles. The van der Waals surface area contributed by atoms with Gasteiger partial charge in [0.2, 0.25) is 0 Å². The van der Waals surface area contributed by atoms with Crippen LogP contribution in [0.15, 0.2) is 24.3 Å². The molecule has 0 bridgehead atoms. The maximum atomic E-state index is 5.62. The van der Waals surface area contributed by atoms with E-state index in [4.69, 9.17) is 4.74 Å². The molecule has 1 unspecified atom stereocenters. The fourth-order valence-electron chi connectivity index (χ4n) is 2.74. The lowest BCUT2D eigenvalue weighted by Gasteiger charge is -2.36. The highest BCUT2D eigenvalue weighted by atomic mass is 16.5. The van der Waals surface area contributed by atoms with E-state index in [-0.39, 0.29) is 0 Å². The quantitative estimate of drug-likeness (QED) is 0.765. The lowest BCUT2D eigenvalue weighted by molar-refractivity contribution is 0.140. The molecule has 1 aromatic rings. The van der Waals surface area contributed by atoms with Gasteiger partial charge in [0.15, 0.2) is 0 Å². The Labute approximate surface area is 116 Å². The van der Waals surface area contributed by atoms with E-state index in [1.54, 1.807) is 0 Å². The summed E-state index contributed by atoms with van der Waals surface area (Å²) in [4.78, 5) is 2.46. The number of hydrogen-bond donors (Lipinski definition) is 1. The van der Waals surface area contributed by atoms with E-state index in [9.17, 15) is 0 Å². The molecular weight excluding hydrogens is 236 g/mol. The molecule has 1 aliphatic rings. The summed E-state index contributed by atoms with van der Waals surface area (Å²) in [6.45, 7) is 9.16. The van der Waals surface area contributed by atoms with Crippen molar-refractivity contribution in [2.45, 2.75) is 32.7 Å². The van der Waals surface area contributed by atoms with Crippen molar-refractivity contribution in [2.24, 2.45) is 0 Å². The number of benzene rings is 1. The number of ether oxygens (including phenoxy) is 1. The highest BCUT2D eigenvalue weighted by Gasteiger charge is 2.23. The van der Waals surface area contributed by atoms with Crippen LogP contribution in [0.4, 0.5) is 5.69 Å². The minimum atomic E-state index is 0.508. The Hall–Kier alpha value is -1.06. The SMILES string of the molecule is CCCOCCN1CCC(NCC)c2ccccc21. The predicted molar refractivity (Wildman–Crippen MR) is 80.8 cm³/mol. The van der Waals surface area contributed by atoms with Gasteiger partial charge in [0.05, 0.1) is 6.61 Å². The molecule has 3 heteroatoms. The number of nitrogens with zero attached hydrogens (tertiary/aromatic N) is 1. The average Bonchev–Trinajstić information content (AvgIpc) is 2.46. The lowest BCUT2D eigenvalue weighted by atomic mass is 9.96. The smallest absolute Gasteiger partial charge is 0.0641 e. The number of rotatable bonds is 7. The summed E-state index contributed by atoms with van der Waals surface area (Å²) >= 11 is 0. The third-order valence-corrected chi connectivity index (χ3v) is 3.65. The molecule has 0 saturated carbocycles. The summed E-state index contributed by atoms with van der Waals surface area (Å²) in [6, 6.07) is 9.27. The second-order valence-corrected chi connectivity index (χ2v) is 5.06. The third kappa shape index (κ3) is 3.71. The molecule has 1 N–H and O–H groups in total. The normalized spacial score (nSPS) is 18.4. The van der Waals surface area contributed by atoms with Gasteiger partial charge in [0, 0.05) is 31.4 Å². The molecule has 1 atom stereocenters. The standard InChI is InChI=1S/C16H26N2O/c1-3-12-19-13-11-18-10-9-15(17-4-2)14-7-5-6-8-16(14)18/h5-8,15,17H,3-4,9-13H2,1-2H3. The van der Waals surface area contributed by atoms with Gasteiger partial charge in [-0.25, -0.2) is 0 Å². The summed E-state index contributed by atoms with van der Waals surface area (Å²) in [5, 5.41) is 3.58. The van der Waals surface area contributed by atoms with E-state index in [0.29, 0.717) is 6.04 Å². The molecule has 106 valence electrons. The van der Waals surface area contributed by atoms with E-state index < -0.39 is 0 Å². The van der Waals surface area contributed by atoms with Crippen molar-refractivity contribution in [3.05, 3.63) is 29.8 Å². The minimum absolute atomic E-state index is 0.508. The Morgan fingerprint density at radius 3 is 2.89 bits per heavy atom. The lowest BCUT2D eigenvalue weighted by Crippen LogP contribution is -2.37. The third-order valence-electron chi connectivity index (χ3n) is 3.65. The van der Waals surface area contributed by atoms with Gasteiger partial charge in [-0.05, 0) is 31.0 Å². The van der Waals surface area contributed by atoms with Crippen molar-refractivity contribution in [3.63, 3.8) is 0 Å². The van der Waals surface area contributed by atoms with Crippen LogP contribution in [0.3, 0.4) is 0 Å². The molecule has 19 heavy (non-hydrogen) atoms. The zero-order valence-electron chi connectivity index (χ0n) is 12.2. The maximum Gasteiger partial charge on any atom is 0.0641 e. The number of para-hydroxylation sites is 1. The van der Waals surface area contributed by atoms with E-state index in [1.807, 2.05) is 0 Å². The van der Waals surface area contributed by atoms with Crippen LogP contribution in [-0.2, 0) is 4.74 Å². The highest BCUT2D eigenvalue weighted by Crippen LogP contribution is 2.33. The van der Waals surface area contributed by atoms with Crippen LogP contribution in [0.25, 0.3) is 0 Å². The first-order chi connectivity index (χ1) is 9.36. The van der Waals surface area contributed by atoms with Crippen molar-refractivity contribution in [1.82, 2.24) is 5.32 Å². The van der Waals surface area contributed by atoms with Crippen LogP contribution in [0.2, 0.25) is 0 Å². The summed E-state index contributed by atoms with van der Waals surface area (Å²) in [6.07, 6.45) is 2.28. The maximum absolute atomic E-state index is 5.62. The molecule has 2 rings (SSSR count). The molecule has 0 amide bonds. The summed E-state index contributed by atoms with van der Waals surface area (Å²) in [5.41, 5.74) is 2.81. The van der Waals surface area contributed by atoms with Crippen LogP contribution < -0.4 is 10.2 Å². The van der Waals surface area contributed by atoms with Gasteiger partial charge in [-0.2, -0.15) is 0 Å². The molecule has 1 heterocycles. The second kappa shape index (κ2) is 7.51. The van der Waals surface area contributed by atoms with Gasteiger partial charge in [-0.3, -0.25) is 0 Å². The Morgan fingerprint density at radius 2 is 2.11 bits per heavy atom. The summed E-state index contributed by atoms with van der Waals surface area (Å²) in [5.74, 6) is 0. The Kier molecular flexibility index (Phi) is 5.67. The fourth-order valence-corrected chi connectivity index (χ4v) is 2.74. The first kappa shape index (κ1) is 14.4. The van der Waals surface area contributed by atoms with Crippen molar-refractivity contribution in [2.75, 3.05) is 37.7 Å². The van der Waals surface area contributed by atoms with Crippen molar-refractivity contribution in [3.8, 4) is 0 Å². The summed E-state index contributed by atoms with van der Waals surface area (Å²) < 4.78 is 5.62. The van der Waals surface area contributed by atoms with Gasteiger partial charge in [-0.15, -0.1) is 0 Å². The topological polar surface area (TPSA) is 24.5 Å². The van der Waals surface area contributed by atoms with Crippen molar-refractivity contribution >= 4 is 5.69 Å². The number of hydrogen-bond acceptors (Lipinski definition) is 3. The van der Waals surface area contributed by atoms with Crippen molar-refractivity contribution in [1.29, 1.82) is 0 Å². The Balaban J connectivity index is 2.01. The minimum Gasteiger partial charge on any atom is -0.380 e. The van der Waals surface area contributed by atoms with Gasteiger partial charge in [-0.1, -0.05) is 32.0 Å². The molecule has 0 radical (unpaired) electrons. The number of nitrogens with one attached hydrogen (secondary N) is 1. The molecule has 0 fully saturated rings. The molecule has 3 nitrogen and oxygen atoms in total. The van der Waals surface area contributed by atoms with Crippen LogP contribution in [-0.4, -0.2) is 32.8 Å². The average molecular weight is 262 g/mol. The zero-order valence-corrected chi connectivity index (χ0v) is 12.2. The molecule has 0 aromatic heterocycles.